The Balaban J connectivity index is 1.49. The number of hydrogen-bond donors (Lipinski definition) is 2. The van der Waals surface area contributed by atoms with Crippen molar-refractivity contribution in [3.05, 3.63) is 70.0 Å². The molecule has 1 aromatic carbocycles. The summed E-state index contributed by atoms with van der Waals surface area (Å²) in [6.07, 6.45) is 3.21. The van der Waals surface area contributed by atoms with Crippen molar-refractivity contribution < 1.29 is 9.72 Å². The van der Waals surface area contributed by atoms with Crippen LogP contribution in [0.3, 0.4) is 0 Å². The van der Waals surface area contributed by atoms with Gasteiger partial charge in [-0.05, 0) is 38.0 Å². The van der Waals surface area contributed by atoms with Gasteiger partial charge in [0.2, 0.25) is 5.91 Å². The molecule has 3 aromatic rings. The molecule has 3 heterocycles. The number of nitrogens with zero attached hydrogens (tertiary/aromatic N) is 5. The first-order valence-electron chi connectivity index (χ1n) is 10.7. The van der Waals surface area contributed by atoms with Crippen LogP contribution in [0.1, 0.15) is 24.1 Å². The van der Waals surface area contributed by atoms with Crippen molar-refractivity contribution in [2.75, 3.05) is 23.3 Å². The van der Waals surface area contributed by atoms with E-state index in [0.717, 1.165) is 43.0 Å². The number of aryl methyl sites for hydroxylation is 1. The van der Waals surface area contributed by atoms with Crippen molar-refractivity contribution in [2.24, 2.45) is 11.7 Å². The van der Waals surface area contributed by atoms with Crippen LogP contribution in [0, 0.1) is 23.0 Å². The lowest BCUT2D eigenvalue weighted by atomic mass is 9.96. The Labute approximate surface area is 191 Å². The highest BCUT2D eigenvalue weighted by Crippen LogP contribution is 2.26. The van der Waals surface area contributed by atoms with E-state index in [1.54, 1.807) is 18.3 Å². The molecule has 3 N–H and O–H groups in total. The summed E-state index contributed by atoms with van der Waals surface area (Å²) in [7, 11) is 0. The van der Waals surface area contributed by atoms with E-state index < -0.39 is 4.92 Å². The Kier molecular flexibility index (Phi) is 6.43. The van der Waals surface area contributed by atoms with E-state index in [9.17, 15) is 14.9 Å². The second-order valence-electron chi connectivity index (χ2n) is 8.03. The number of hydrogen-bond acceptors (Lipinski definition) is 8. The number of anilines is 2. The molecule has 0 spiro atoms. The number of piperidine rings is 1. The lowest BCUT2D eigenvalue weighted by Crippen LogP contribution is -2.39. The number of non-ortho nitro benzene ring substituents is 1. The largest absolute Gasteiger partial charge is 0.369 e. The molecule has 170 valence electrons. The zero-order chi connectivity index (χ0) is 23.4. The quantitative estimate of drug-likeness (QED) is 0.416. The molecule has 1 aliphatic rings. The molecule has 0 radical (unpaired) electrons. The molecule has 1 aliphatic heterocycles. The van der Waals surface area contributed by atoms with Gasteiger partial charge in [0.15, 0.2) is 5.82 Å². The number of amides is 1. The Bertz CT molecular complexity index is 1160. The van der Waals surface area contributed by atoms with E-state index in [-0.39, 0.29) is 17.5 Å². The van der Waals surface area contributed by atoms with Gasteiger partial charge >= 0.3 is 0 Å². The molecule has 1 fully saturated rings. The van der Waals surface area contributed by atoms with Gasteiger partial charge in [0, 0.05) is 66.8 Å². The lowest BCUT2D eigenvalue weighted by molar-refractivity contribution is -0.384. The van der Waals surface area contributed by atoms with Gasteiger partial charge in [0.25, 0.3) is 5.69 Å². The van der Waals surface area contributed by atoms with Crippen LogP contribution in [0.4, 0.5) is 17.3 Å². The molecular formula is C23H25N7O3. The van der Waals surface area contributed by atoms with Gasteiger partial charge in [-0.2, -0.15) is 0 Å². The third-order valence-corrected chi connectivity index (χ3v) is 5.71. The van der Waals surface area contributed by atoms with E-state index >= 15 is 0 Å². The van der Waals surface area contributed by atoms with Crippen molar-refractivity contribution in [1.29, 1.82) is 0 Å². The number of nitrogens with one attached hydrogen (secondary N) is 1. The number of benzene rings is 1. The number of rotatable bonds is 7. The molecule has 1 saturated heterocycles. The minimum Gasteiger partial charge on any atom is -0.369 e. The average molecular weight is 447 g/mol. The van der Waals surface area contributed by atoms with E-state index in [0.29, 0.717) is 23.8 Å². The Morgan fingerprint density at radius 1 is 1.21 bits per heavy atom. The normalized spacial score (nSPS) is 14.2. The fraction of sp³-hybridized carbons (Fsp3) is 0.304. The predicted octanol–water partition coefficient (Wildman–Crippen LogP) is 3.07. The van der Waals surface area contributed by atoms with Crippen LogP contribution in [0.15, 0.2) is 48.7 Å². The Morgan fingerprint density at radius 2 is 1.94 bits per heavy atom. The minimum absolute atomic E-state index is 0.0220. The molecule has 10 heteroatoms. The summed E-state index contributed by atoms with van der Waals surface area (Å²) in [4.78, 5) is 37.7. The number of pyridine rings is 1. The van der Waals surface area contributed by atoms with Crippen LogP contribution in [-0.2, 0) is 11.3 Å². The average Bonchev–Trinajstić information content (AvgIpc) is 2.83. The number of aromatic nitrogens is 3. The maximum atomic E-state index is 11.5. The van der Waals surface area contributed by atoms with E-state index in [4.69, 9.17) is 5.73 Å². The highest BCUT2D eigenvalue weighted by atomic mass is 16.6. The lowest BCUT2D eigenvalue weighted by Gasteiger charge is -2.32. The molecule has 2 aromatic heterocycles. The molecule has 0 atom stereocenters. The van der Waals surface area contributed by atoms with Gasteiger partial charge in [-0.1, -0.05) is 6.07 Å². The zero-order valence-electron chi connectivity index (χ0n) is 18.3. The second-order valence-corrected chi connectivity index (χ2v) is 8.03. The highest BCUT2D eigenvalue weighted by Gasteiger charge is 2.25. The number of carbonyl (C=O) groups is 1. The summed E-state index contributed by atoms with van der Waals surface area (Å²) in [5.41, 5.74) is 7.97. The molecule has 0 unspecified atom stereocenters. The minimum atomic E-state index is -0.435. The molecule has 33 heavy (non-hydrogen) atoms. The van der Waals surface area contributed by atoms with Gasteiger partial charge in [0.1, 0.15) is 11.6 Å². The van der Waals surface area contributed by atoms with Gasteiger partial charge in [0.05, 0.1) is 4.92 Å². The second kappa shape index (κ2) is 9.60. The van der Waals surface area contributed by atoms with Gasteiger partial charge in [-0.15, -0.1) is 0 Å². The van der Waals surface area contributed by atoms with E-state index in [1.165, 1.54) is 12.1 Å². The van der Waals surface area contributed by atoms with Crippen molar-refractivity contribution in [1.82, 2.24) is 15.0 Å². The third kappa shape index (κ3) is 5.22. The predicted molar refractivity (Wildman–Crippen MR) is 125 cm³/mol. The fourth-order valence-corrected chi connectivity index (χ4v) is 3.94. The number of nitro benzene ring substituents is 1. The number of primary amides is 1. The maximum absolute atomic E-state index is 11.5. The molecule has 0 saturated carbocycles. The van der Waals surface area contributed by atoms with Gasteiger partial charge in [-0.3, -0.25) is 14.9 Å². The number of nitrogens with two attached hydrogens (primary N) is 1. The monoisotopic (exact) mass is 447 g/mol. The summed E-state index contributed by atoms with van der Waals surface area (Å²) in [5.74, 6) is 1.72. The number of nitro groups is 1. The van der Waals surface area contributed by atoms with Crippen molar-refractivity contribution >= 4 is 23.2 Å². The zero-order valence-corrected chi connectivity index (χ0v) is 18.3. The maximum Gasteiger partial charge on any atom is 0.269 e. The first-order chi connectivity index (χ1) is 15.9. The van der Waals surface area contributed by atoms with Crippen LogP contribution < -0.4 is 16.0 Å². The van der Waals surface area contributed by atoms with Crippen LogP contribution in [0.25, 0.3) is 11.4 Å². The molecule has 10 nitrogen and oxygen atoms in total. The third-order valence-electron chi connectivity index (χ3n) is 5.71. The Hall–Kier alpha value is -4.08. The summed E-state index contributed by atoms with van der Waals surface area (Å²) in [5, 5.41) is 14.2. The van der Waals surface area contributed by atoms with Gasteiger partial charge in [-0.25, -0.2) is 15.0 Å². The molecule has 0 aliphatic carbocycles. The smallest absolute Gasteiger partial charge is 0.269 e. The van der Waals surface area contributed by atoms with Crippen molar-refractivity contribution in [3.8, 4) is 11.4 Å². The molecule has 1 amide bonds. The molecule has 4 rings (SSSR count). The highest BCUT2D eigenvalue weighted by molar-refractivity contribution is 5.77. The Morgan fingerprint density at radius 3 is 2.61 bits per heavy atom. The van der Waals surface area contributed by atoms with E-state index in [1.807, 2.05) is 25.1 Å². The topological polar surface area (TPSA) is 140 Å². The SMILES string of the molecule is Cc1cc(NCc2cccnc2N2CCC(C(N)=O)CC2)nc(-c2ccc([N+](=O)[O-])cc2)n1. The van der Waals surface area contributed by atoms with Crippen LogP contribution in [0.5, 0.6) is 0 Å². The first-order valence-corrected chi connectivity index (χ1v) is 10.7. The van der Waals surface area contributed by atoms with Crippen molar-refractivity contribution in [3.63, 3.8) is 0 Å². The molecular weight excluding hydrogens is 422 g/mol. The van der Waals surface area contributed by atoms with Crippen LogP contribution in [0.2, 0.25) is 0 Å². The van der Waals surface area contributed by atoms with Crippen molar-refractivity contribution in [2.45, 2.75) is 26.3 Å². The van der Waals surface area contributed by atoms with Gasteiger partial charge < -0.3 is 16.0 Å². The summed E-state index contributed by atoms with van der Waals surface area (Å²) in [6, 6.07) is 11.9. The van der Waals surface area contributed by atoms with E-state index in [2.05, 4.69) is 25.2 Å². The summed E-state index contributed by atoms with van der Waals surface area (Å²) >= 11 is 0. The summed E-state index contributed by atoms with van der Waals surface area (Å²) in [6.45, 7) is 3.85. The fourth-order valence-electron chi connectivity index (χ4n) is 3.94. The first kappa shape index (κ1) is 22.1. The number of carbonyl (C=O) groups excluding carboxylic acids is 1. The molecule has 0 bridgehead atoms. The van der Waals surface area contributed by atoms with Crippen LogP contribution in [-0.4, -0.2) is 38.9 Å². The van der Waals surface area contributed by atoms with Crippen LogP contribution >= 0.6 is 0 Å². The standard InChI is InChI=1S/C23H25N7O3/c1-15-13-20(28-22(27-15)17-4-6-19(7-5-17)30(32)33)26-14-18-3-2-10-25-23(18)29-11-8-16(9-12-29)21(24)31/h2-7,10,13,16H,8-9,11-12,14H2,1H3,(H2,24,31)(H,26,27,28). The summed E-state index contributed by atoms with van der Waals surface area (Å²) < 4.78 is 0.